The first-order chi connectivity index (χ1) is 9.95. The Morgan fingerprint density at radius 3 is 2.81 bits per heavy atom. The molecule has 6 heteroatoms. The molecule has 0 aromatic heterocycles. The Balaban J connectivity index is 2.51. The second-order valence-electron chi connectivity index (χ2n) is 5.16. The van der Waals surface area contributed by atoms with Crippen LogP contribution in [0.5, 0.6) is 0 Å². The van der Waals surface area contributed by atoms with Crippen LogP contribution in [0.2, 0.25) is 5.02 Å². The lowest BCUT2D eigenvalue weighted by Crippen LogP contribution is -2.40. The highest BCUT2D eigenvalue weighted by atomic mass is 35.5. The fourth-order valence-electron chi connectivity index (χ4n) is 1.92. The zero-order valence-corrected chi connectivity index (χ0v) is 13.4. The summed E-state index contributed by atoms with van der Waals surface area (Å²) in [6.07, 6.45) is 2.71. The molecule has 1 atom stereocenters. The molecule has 1 amide bonds. The first-order valence-corrected chi connectivity index (χ1v) is 7.50. The molecule has 0 aliphatic rings. The van der Waals surface area contributed by atoms with Crippen LogP contribution in [0.15, 0.2) is 18.2 Å². The molecule has 0 aliphatic carbocycles. The number of anilines is 2. The van der Waals surface area contributed by atoms with Gasteiger partial charge in [0.25, 0.3) is 0 Å². The summed E-state index contributed by atoms with van der Waals surface area (Å²) in [4.78, 5) is 14.2. The molecule has 0 saturated heterocycles. The number of nitrogen functional groups attached to an aromatic ring is 1. The van der Waals surface area contributed by atoms with Crippen LogP contribution in [0.25, 0.3) is 0 Å². The van der Waals surface area contributed by atoms with E-state index in [-0.39, 0.29) is 18.6 Å². The van der Waals surface area contributed by atoms with Crippen molar-refractivity contribution in [3.8, 4) is 0 Å². The number of benzene rings is 1. The molecule has 0 fully saturated rings. The average molecular weight is 314 g/mol. The SMILES string of the molecule is CC(C(=O)Nc1cc(Cl)ccc1N)N(C)CCCCCO. The number of aliphatic hydroxyl groups excluding tert-OH is 1. The van der Waals surface area contributed by atoms with Crippen molar-refractivity contribution < 1.29 is 9.90 Å². The van der Waals surface area contributed by atoms with Crippen LogP contribution in [0.1, 0.15) is 26.2 Å². The molecule has 0 saturated carbocycles. The van der Waals surface area contributed by atoms with Gasteiger partial charge in [-0.05, 0) is 58.0 Å². The summed E-state index contributed by atoms with van der Waals surface area (Å²) in [5, 5.41) is 12.1. The van der Waals surface area contributed by atoms with Crippen LogP contribution < -0.4 is 11.1 Å². The van der Waals surface area contributed by atoms with Crippen molar-refractivity contribution in [3.63, 3.8) is 0 Å². The summed E-state index contributed by atoms with van der Waals surface area (Å²) in [6.45, 7) is 2.87. The minimum atomic E-state index is -0.266. The predicted octanol–water partition coefficient (Wildman–Crippen LogP) is 2.34. The number of hydrogen-bond donors (Lipinski definition) is 3. The molecule has 1 rings (SSSR count). The average Bonchev–Trinajstić information content (AvgIpc) is 2.46. The Morgan fingerprint density at radius 1 is 1.43 bits per heavy atom. The number of nitrogens with one attached hydrogen (secondary N) is 1. The summed E-state index contributed by atoms with van der Waals surface area (Å²) < 4.78 is 0. The van der Waals surface area contributed by atoms with Gasteiger partial charge in [-0.2, -0.15) is 0 Å². The quantitative estimate of drug-likeness (QED) is 0.508. The number of carbonyl (C=O) groups is 1. The van der Waals surface area contributed by atoms with Gasteiger partial charge in [0.15, 0.2) is 0 Å². The summed E-state index contributed by atoms with van der Waals surface area (Å²) in [5.74, 6) is -0.117. The summed E-state index contributed by atoms with van der Waals surface area (Å²) in [5.41, 5.74) is 6.84. The van der Waals surface area contributed by atoms with E-state index in [0.717, 1.165) is 25.8 Å². The van der Waals surface area contributed by atoms with Gasteiger partial charge in [-0.15, -0.1) is 0 Å². The van der Waals surface area contributed by atoms with Crippen LogP contribution >= 0.6 is 11.6 Å². The van der Waals surface area contributed by atoms with Crippen LogP contribution in [0.4, 0.5) is 11.4 Å². The van der Waals surface area contributed by atoms with Gasteiger partial charge in [0.1, 0.15) is 0 Å². The summed E-state index contributed by atoms with van der Waals surface area (Å²) in [6, 6.07) is 4.73. The lowest BCUT2D eigenvalue weighted by atomic mass is 10.2. The molecule has 118 valence electrons. The fraction of sp³-hybridized carbons (Fsp3) is 0.533. The maximum Gasteiger partial charge on any atom is 0.241 e. The standard InChI is InChI=1S/C15H24ClN3O2/c1-11(19(2)8-4-3-5-9-20)15(21)18-14-10-12(16)6-7-13(14)17/h6-7,10-11,20H,3-5,8-9,17H2,1-2H3,(H,18,21). The Labute approximate surface area is 131 Å². The van der Waals surface area contributed by atoms with Crippen LogP contribution in [0.3, 0.4) is 0 Å². The largest absolute Gasteiger partial charge is 0.397 e. The van der Waals surface area contributed by atoms with Gasteiger partial charge in [0.05, 0.1) is 17.4 Å². The first kappa shape index (κ1) is 17.8. The van der Waals surface area contributed by atoms with E-state index in [1.165, 1.54) is 0 Å². The van der Waals surface area contributed by atoms with Gasteiger partial charge < -0.3 is 16.2 Å². The molecule has 5 nitrogen and oxygen atoms in total. The normalized spacial score (nSPS) is 12.4. The lowest BCUT2D eigenvalue weighted by molar-refractivity contribution is -0.120. The predicted molar refractivity (Wildman–Crippen MR) is 87.5 cm³/mol. The Kier molecular flexibility index (Phi) is 7.50. The third-order valence-electron chi connectivity index (χ3n) is 3.48. The molecule has 0 spiro atoms. The number of unbranched alkanes of at least 4 members (excludes halogenated alkanes) is 2. The number of nitrogens with zero attached hydrogens (tertiary/aromatic N) is 1. The molecule has 1 aromatic rings. The Bertz CT molecular complexity index is 468. The highest BCUT2D eigenvalue weighted by Crippen LogP contribution is 2.23. The van der Waals surface area contributed by atoms with Crippen molar-refractivity contribution in [2.45, 2.75) is 32.2 Å². The fourth-order valence-corrected chi connectivity index (χ4v) is 2.09. The number of nitrogens with two attached hydrogens (primary N) is 1. The molecule has 21 heavy (non-hydrogen) atoms. The number of carbonyl (C=O) groups excluding carboxylic acids is 1. The number of rotatable bonds is 8. The molecule has 0 aliphatic heterocycles. The van der Waals surface area contributed by atoms with Crippen LogP contribution in [-0.4, -0.2) is 42.2 Å². The maximum absolute atomic E-state index is 12.2. The van der Waals surface area contributed by atoms with Gasteiger partial charge in [-0.1, -0.05) is 11.6 Å². The van der Waals surface area contributed by atoms with E-state index in [1.54, 1.807) is 18.2 Å². The van der Waals surface area contributed by atoms with Crippen LogP contribution in [0, 0.1) is 0 Å². The minimum absolute atomic E-state index is 0.117. The highest BCUT2D eigenvalue weighted by molar-refractivity contribution is 6.31. The van der Waals surface area contributed by atoms with Gasteiger partial charge >= 0.3 is 0 Å². The zero-order chi connectivity index (χ0) is 15.8. The van der Waals surface area contributed by atoms with E-state index >= 15 is 0 Å². The summed E-state index contributed by atoms with van der Waals surface area (Å²) in [7, 11) is 1.91. The van der Waals surface area contributed by atoms with Crippen molar-refractivity contribution in [1.82, 2.24) is 4.90 Å². The number of halogens is 1. The summed E-state index contributed by atoms with van der Waals surface area (Å²) >= 11 is 5.90. The molecular weight excluding hydrogens is 290 g/mol. The van der Waals surface area contributed by atoms with E-state index in [4.69, 9.17) is 22.4 Å². The Morgan fingerprint density at radius 2 is 2.14 bits per heavy atom. The molecule has 0 bridgehead atoms. The zero-order valence-electron chi connectivity index (χ0n) is 12.6. The van der Waals surface area contributed by atoms with Gasteiger partial charge in [-0.25, -0.2) is 0 Å². The van der Waals surface area contributed by atoms with E-state index < -0.39 is 0 Å². The van der Waals surface area contributed by atoms with E-state index in [1.807, 2.05) is 18.9 Å². The first-order valence-electron chi connectivity index (χ1n) is 7.12. The van der Waals surface area contributed by atoms with Gasteiger partial charge in [0.2, 0.25) is 5.91 Å². The molecule has 1 aromatic carbocycles. The second-order valence-corrected chi connectivity index (χ2v) is 5.60. The topological polar surface area (TPSA) is 78.6 Å². The van der Waals surface area contributed by atoms with E-state index in [2.05, 4.69) is 5.32 Å². The number of likely N-dealkylation sites (N-methyl/N-ethyl adjacent to an activating group) is 1. The minimum Gasteiger partial charge on any atom is -0.397 e. The molecule has 1 unspecified atom stereocenters. The third kappa shape index (κ3) is 5.91. The van der Waals surface area contributed by atoms with E-state index in [9.17, 15) is 4.79 Å². The Hall–Kier alpha value is -1.30. The van der Waals surface area contributed by atoms with Crippen molar-refractivity contribution in [1.29, 1.82) is 0 Å². The molecular formula is C15H24ClN3O2. The number of amides is 1. The van der Waals surface area contributed by atoms with Crippen molar-refractivity contribution >= 4 is 28.9 Å². The van der Waals surface area contributed by atoms with Crippen molar-refractivity contribution in [2.24, 2.45) is 0 Å². The lowest BCUT2D eigenvalue weighted by Gasteiger charge is -2.24. The molecule has 0 heterocycles. The van der Waals surface area contributed by atoms with E-state index in [0.29, 0.717) is 16.4 Å². The van der Waals surface area contributed by atoms with Gasteiger partial charge in [-0.3, -0.25) is 9.69 Å². The number of hydrogen-bond acceptors (Lipinski definition) is 4. The van der Waals surface area contributed by atoms with Crippen molar-refractivity contribution in [2.75, 3.05) is 31.2 Å². The van der Waals surface area contributed by atoms with Crippen molar-refractivity contribution in [3.05, 3.63) is 23.2 Å². The number of aliphatic hydroxyl groups is 1. The van der Waals surface area contributed by atoms with Gasteiger partial charge in [0, 0.05) is 11.6 Å². The second kappa shape index (κ2) is 8.87. The smallest absolute Gasteiger partial charge is 0.241 e. The maximum atomic E-state index is 12.2. The third-order valence-corrected chi connectivity index (χ3v) is 3.72. The monoisotopic (exact) mass is 313 g/mol. The van der Waals surface area contributed by atoms with Crippen LogP contribution in [-0.2, 0) is 4.79 Å². The highest BCUT2D eigenvalue weighted by Gasteiger charge is 2.18. The molecule has 4 N–H and O–H groups in total. The molecule has 0 radical (unpaired) electrons.